The number of fused-ring (bicyclic) bond motifs is 1. The van der Waals surface area contributed by atoms with Crippen LogP contribution < -0.4 is 0 Å². The van der Waals surface area contributed by atoms with E-state index in [1.54, 1.807) is 24.3 Å². The first kappa shape index (κ1) is 6.67. The topological polar surface area (TPSA) is 41.6 Å². The summed E-state index contributed by atoms with van der Waals surface area (Å²) in [5, 5.41) is 0.976. The van der Waals surface area contributed by atoms with Gasteiger partial charge in [0.05, 0.1) is 11.8 Å². The van der Waals surface area contributed by atoms with Gasteiger partial charge in [0, 0.05) is 6.20 Å². The van der Waals surface area contributed by atoms with E-state index in [1.807, 2.05) is 12.3 Å². The molecule has 0 spiro atoms. The van der Waals surface area contributed by atoms with Crippen LogP contribution in [0.15, 0.2) is 23.6 Å². The van der Waals surface area contributed by atoms with Crippen molar-refractivity contribution >= 4 is 22.8 Å². The molecule has 0 aromatic carbocycles. The van der Waals surface area contributed by atoms with E-state index in [2.05, 4.69) is 15.0 Å². The van der Waals surface area contributed by atoms with E-state index in [4.69, 9.17) is 0 Å². The van der Waals surface area contributed by atoms with E-state index >= 15 is 0 Å². The van der Waals surface area contributed by atoms with Gasteiger partial charge in [0.25, 0.3) is 0 Å². The number of aromatic amines is 1. The molecular weight excluding hydrogens is 158 g/mol. The van der Waals surface area contributed by atoms with Gasteiger partial charge in [0.1, 0.15) is 10.5 Å². The highest BCUT2D eigenvalue weighted by atomic mass is 32.2. The molecule has 0 unspecified atom stereocenters. The first-order chi connectivity index (χ1) is 5.42. The summed E-state index contributed by atoms with van der Waals surface area (Å²) < 4.78 is 0. The van der Waals surface area contributed by atoms with Gasteiger partial charge in [-0.2, -0.15) is 0 Å². The Morgan fingerprint density at radius 2 is 2.36 bits per heavy atom. The molecular formula is C7H7N3S. The lowest BCUT2D eigenvalue weighted by molar-refractivity contribution is 1.16. The molecule has 1 N–H and O–H groups in total. The van der Waals surface area contributed by atoms with Crippen molar-refractivity contribution in [3.63, 3.8) is 0 Å². The van der Waals surface area contributed by atoms with Gasteiger partial charge in [0.15, 0.2) is 0 Å². The van der Waals surface area contributed by atoms with Crippen molar-refractivity contribution in [1.29, 1.82) is 0 Å². The summed E-state index contributed by atoms with van der Waals surface area (Å²) in [5.41, 5.74) is 2.00. The van der Waals surface area contributed by atoms with E-state index in [0.29, 0.717) is 0 Å². The highest BCUT2D eigenvalue weighted by molar-refractivity contribution is 7.98. The number of imidazole rings is 1. The zero-order chi connectivity index (χ0) is 7.68. The van der Waals surface area contributed by atoms with Crippen LogP contribution in [0.2, 0.25) is 0 Å². The predicted octanol–water partition coefficient (Wildman–Crippen LogP) is 1.68. The van der Waals surface area contributed by atoms with Crippen LogP contribution in [0, 0.1) is 0 Å². The molecule has 0 aliphatic rings. The number of hydrogen-bond acceptors (Lipinski definition) is 3. The first-order valence-electron chi connectivity index (χ1n) is 3.24. The Morgan fingerprint density at radius 3 is 3.18 bits per heavy atom. The second-order valence-electron chi connectivity index (χ2n) is 2.12. The second kappa shape index (κ2) is 2.54. The van der Waals surface area contributed by atoms with E-state index in [1.165, 1.54) is 0 Å². The molecule has 2 aromatic rings. The Balaban J connectivity index is 2.79. The average molecular weight is 165 g/mol. The van der Waals surface area contributed by atoms with Gasteiger partial charge in [-0.15, -0.1) is 11.8 Å². The number of aromatic nitrogens is 3. The molecule has 0 radical (unpaired) electrons. The maximum Gasteiger partial charge on any atom is 0.124 e. The third kappa shape index (κ3) is 0.991. The van der Waals surface area contributed by atoms with E-state index in [9.17, 15) is 0 Å². The van der Waals surface area contributed by atoms with Gasteiger partial charge in [-0.3, -0.25) is 0 Å². The SMILES string of the molecule is CSc1nccc2[nH]cnc12. The van der Waals surface area contributed by atoms with Crippen molar-refractivity contribution in [2.24, 2.45) is 0 Å². The highest BCUT2D eigenvalue weighted by Crippen LogP contribution is 2.19. The number of nitrogens with one attached hydrogen (secondary N) is 1. The molecule has 0 aliphatic carbocycles. The third-order valence-corrected chi connectivity index (χ3v) is 2.18. The first-order valence-corrected chi connectivity index (χ1v) is 4.46. The van der Waals surface area contributed by atoms with E-state index in [0.717, 1.165) is 16.1 Å². The lowest BCUT2D eigenvalue weighted by Crippen LogP contribution is -1.79. The predicted molar refractivity (Wildman–Crippen MR) is 45.7 cm³/mol. The van der Waals surface area contributed by atoms with Crippen LogP contribution in [0.25, 0.3) is 11.0 Å². The molecule has 0 saturated carbocycles. The van der Waals surface area contributed by atoms with Crippen LogP contribution >= 0.6 is 11.8 Å². The monoisotopic (exact) mass is 165 g/mol. The summed E-state index contributed by atoms with van der Waals surface area (Å²) in [5.74, 6) is 0. The largest absolute Gasteiger partial charge is 0.344 e. The number of hydrogen-bond donors (Lipinski definition) is 1. The number of H-pyrrole nitrogens is 1. The van der Waals surface area contributed by atoms with E-state index in [-0.39, 0.29) is 0 Å². The summed E-state index contributed by atoms with van der Waals surface area (Å²) in [6.07, 6.45) is 5.47. The minimum Gasteiger partial charge on any atom is -0.344 e. The Hall–Kier alpha value is -1.03. The van der Waals surface area contributed by atoms with Crippen molar-refractivity contribution < 1.29 is 0 Å². The molecule has 0 atom stereocenters. The van der Waals surface area contributed by atoms with Gasteiger partial charge >= 0.3 is 0 Å². The normalized spacial score (nSPS) is 10.6. The quantitative estimate of drug-likeness (QED) is 0.654. The van der Waals surface area contributed by atoms with Gasteiger partial charge in [0.2, 0.25) is 0 Å². The zero-order valence-corrected chi connectivity index (χ0v) is 6.85. The fourth-order valence-corrected chi connectivity index (χ4v) is 1.51. The molecule has 0 fully saturated rings. The molecule has 2 aromatic heterocycles. The molecule has 0 aliphatic heterocycles. The number of nitrogens with zero attached hydrogens (tertiary/aromatic N) is 2. The molecule has 0 amide bonds. The standard InChI is InChI=1S/C7H7N3S/c1-11-7-6-5(2-3-8-7)9-4-10-6/h2-4H,1H3,(H,9,10). The lowest BCUT2D eigenvalue weighted by atomic mass is 10.4. The number of pyridine rings is 1. The minimum atomic E-state index is 0.958. The molecule has 3 nitrogen and oxygen atoms in total. The van der Waals surface area contributed by atoms with Crippen LogP contribution in [0.1, 0.15) is 0 Å². The second-order valence-corrected chi connectivity index (χ2v) is 2.91. The maximum absolute atomic E-state index is 4.18. The summed E-state index contributed by atoms with van der Waals surface area (Å²) in [7, 11) is 0. The van der Waals surface area contributed by atoms with Crippen molar-refractivity contribution in [3.8, 4) is 0 Å². The van der Waals surface area contributed by atoms with Gasteiger partial charge in [-0.05, 0) is 12.3 Å². The number of thioether (sulfide) groups is 1. The van der Waals surface area contributed by atoms with Crippen LogP contribution in [0.5, 0.6) is 0 Å². The Labute approximate surface area is 68.2 Å². The fraction of sp³-hybridized carbons (Fsp3) is 0.143. The van der Waals surface area contributed by atoms with Crippen molar-refractivity contribution in [2.45, 2.75) is 5.03 Å². The van der Waals surface area contributed by atoms with Crippen LogP contribution in [0.4, 0.5) is 0 Å². The average Bonchev–Trinajstić information content (AvgIpc) is 2.50. The van der Waals surface area contributed by atoms with E-state index < -0.39 is 0 Å². The van der Waals surface area contributed by atoms with Gasteiger partial charge < -0.3 is 4.98 Å². The maximum atomic E-state index is 4.18. The summed E-state index contributed by atoms with van der Waals surface area (Å²) in [6, 6.07) is 1.92. The highest BCUT2D eigenvalue weighted by Gasteiger charge is 2.01. The smallest absolute Gasteiger partial charge is 0.124 e. The third-order valence-electron chi connectivity index (χ3n) is 1.50. The Morgan fingerprint density at radius 1 is 1.45 bits per heavy atom. The Bertz CT molecular complexity index is 368. The van der Waals surface area contributed by atoms with Crippen molar-refractivity contribution in [1.82, 2.24) is 15.0 Å². The molecule has 2 heterocycles. The molecule has 2 rings (SSSR count). The zero-order valence-electron chi connectivity index (χ0n) is 6.03. The fourth-order valence-electron chi connectivity index (χ4n) is 0.992. The minimum absolute atomic E-state index is 0.958. The molecule has 0 saturated heterocycles. The van der Waals surface area contributed by atoms with Crippen LogP contribution in [-0.4, -0.2) is 21.2 Å². The molecule has 4 heteroatoms. The Kier molecular flexibility index (Phi) is 1.54. The lowest BCUT2D eigenvalue weighted by Gasteiger charge is -1.93. The summed E-state index contributed by atoms with van der Waals surface area (Å²) in [4.78, 5) is 11.4. The van der Waals surface area contributed by atoms with Gasteiger partial charge in [-0.1, -0.05) is 0 Å². The van der Waals surface area contributed by atoms with Crippen molar-refractivity contribution in [3.05, 3.63) is 18.6 Å². The molecule has 11 heavy (non-hydrogen) atoms. The summed E-state index contributed by atoms with van der Waals surface area (Å²) >= 11 is 1.61. The molecule has 56 valence electrons. The van der Waals surface area contributed by atoms with Gasteiger partial charge in [-0.25, -0.2) is 9.97 Å². The van der Waals surface area contributed by atoms with Crippen LogP contribution in [-0.2, 0) is 0 Å². The van der Waals surface area contributed by atoms with Crippen LogP contribution in [0.3, 0.4) is 0 Å². The summed E-state index contributed by atoms with van der Waals surface area (Å²) in [6.45, 7) is 0. The van der Waals surface area contributed by atoms with Crippen molar-refractivity contribution in [2.75, 3.05) is 6.26 Å². The number of rotatable bonds is 1. The molecule has 0 bridgehead atoms.